The van der Waals surface area contributed by atoms with Crippen molar-refractivity contribution < 1.29 is 43.5 Å². The Labute approximate surface area is 203 Å². The number of aliphatic hydroxyl groups is 2. The molecule has 2 aliphatic carbocycles. The van der Waals surface area contributed by atoms with Crippen LogP contribution in [-0.2, 0) is 33.3 Å². The molecule has 4 heterocycles. The highest BCUT2D eigenvalue weighted by molar-refractivity contribution is 5.94. The number of epoxide rings is 1. The van der Waals surface area contributed by atoms with Crippen LogP contribution in [0.25, 0.3) is 0 Å². The molecule has 0 amide bonds. The lowest BCUT2D eigenvalue weighted by Gasteiger charge is -2.67. The first-order valence-electron chi connectivity index (χ1n) is 12.3. The lowest BCUT2D eigenvalue weighted by atomic mass is 9.37. The predicted octanol–water partition coefficient (Wildman–Crippen LogP) is 1.55. The summed E-state index contributed by atoms with van der Waals surface area (Å²) < 4.78 is 22.7. The van der Waals surface area contributed by atoms with Crippen molar-refractivity contribution in [2.45, 2.75) is 89.7 Å². The molecule has 1 spiro atoms. The number of allylic oxidation sites excluding steroid dienone is 1. The second-order valence-electron chi connectivity index (χ2n) is 12.3. The standard InChI is InChI=1S/C26H32O9/c1-22(2)14-11-15(27)25(5)13(23(14,3)8-7-16(28)34-22)6-9-24(4)18(12-10-17(29)32-20(12)30)33-21(31)19-26(24,25)35-19/h7-8,10,13-15,17-19,27,29H,6,9,11H2,1-5H3/t13-,14+,15+,17+,18+,19-,23-,24+,25+,26-/m1/s1. The number of ether oxygens (including phenoxy) is 4. The number of carbonyl (C=O) groups excluding carboxylic acids is 3. The van der Waals surface area contributed by atoms with Crippen molar-refractivity contribution in [1.29, 1.82) is 0 Å². The molecule has 9 heteroatoms. The average molecular weight is 489 g/mol. The summed E-state index contributed by atoms with van der Waals surface area (Å²) in [4.78, 5) is 38.1. The molecule has 9 nitrogen and oxygen atoms in total. The Morgan fingerprint density at radius 3 is 2.34 bits per heavy atom. The fourth-order valence-electron chi connectivity index (χ4n) is 8.96. The molecule has 2 N–H and O–H groups in total. The second-order valence-corrected chi connectivity index (χ2v) is 12.3. The zero-order valence-corrected chi connectivity index (χ0v) is 20.6. The van der Waals surface area contributed by atoms with Gasteiger partial charge in [0.05, 0.1) is 11.7 Å². The fourth-order valence-corrected chi connectivity index (χ4v) is 8.96. The van der Waals surface area contributed by atoms with Gasteiger partial charge in [-0.25, -0.2) is 14.4 Å². The molecule has 190 valence electrons. The van der Waals surface area contributed by atoms with Crippen molar-refractivity contribution in [1.82, 2.24) is 0 Å². The van der Waals surface area contributed by atoms with E-state index in [-0.39, 0.29) is 17.4 Å². The molecule has 4 aliphatic heterocycles. The quantitative estimate of drug-likeness (QED) is 0.320. The normalized spacial score (nSPS) is 53.6. The van der Waals surface area contributed by atoms with Gasteiger partial charge in [0.15, 0.2) is 6.10 Å². The first-order valence-corrected chi connectivity index (χ1v) is 12.3. The molecule has 0 aromatic rings. The third kappa shape index (κ3) is 2.52. The van der Waals surface area contributed by atoms with Gasteiger partial charge in [0.25, 0.3) is 0 Å². The SMILES string of the molecule is CC1(C)OC(=O)C=C[C@]2(C)[C@H]3CC[C@@]4(C)[C@H](C5=C[C@@H](O)OC5=O)OC(=O)[C@H]5O[C@]54[C@]3(C)[C@@H](O)C[C@@H]12. The van der Waals surface area contributed by atoms with Crippen LogP contribution in [-0.4, -0.2) is 63.9 Å². The number of hydrogen-bond acceptors (Lipinski definition) is 9. The lowest BCUT2D eigenvalue weighted by molar-refractivity contribution is -0.247. The van der Waals surface area contributed by atoms with Crippen molar-refractivity contribution >= 4 is 17.9 Å². The van der Waals surface area contributed by atoms with Crippen LogP contribution in [0.4, 0.5) is 0 Å². The maximum atomic E-state index is 13.1. The molecule has 0 bridgehead atoms. The topological polar surface area (TPSA) is 132 Å². The van der Waals surface area contributed by atoms with Crippen LogP contribution in [0.1, 0.15) is 53.9 Å². The highest BCUT2D eigenvalue weighted by Crippen LogP contribution is 2.77. The summed E-state index contributed by atoms with van der Waals surface area (Å²) in [5.41, 5.74) is -4.03. The summed E-state index contributed by atoms with van der Waals surface area (Å²) in [6.45, 7) is 9.78. The first kappa shape index (κ1) is 23.2. The number of cyclic esters (lactones) is 3. The van der Waals surface area contributed by atoms with Crippen LogP contribution in [0.2, 0.25) is 0 Å². The Hall–Kier alpha value is -2.23. The number of hydrogen-bond donors (Lipinski definition) is 2. The van der Waals surface area contributed by atoms with Gasteiger partial charge in [0.1, 0.15) is 17.3 Å². The van der Waals surface area contributed by atoms with Gasteiger partial charge in [-0.1, -0.05) is 26.8 Å². The number of esters is 3. The molecule has 0 unspecified atom stereocenters. The summed E-state index contributed by atoms with van der Waals surface area (Å²) in [6, 6.07) is 0. The monoisotopic (exact) mass is 488 g/mol. The summed E-state index contributed by atoms with van der Waals surface area (Å²) in [5, 5.41) is 21.7. The largest absolute Gasteiger partial charge is 0.456 e. The minimum atomic E-state index is -1.39. The molecule has 0 radical (unpaired) electrons. The minimum absolute atomic E-state index is 0.104. The van der Waals surface area contributed by atoms with Gasteiger partial charge < -0.3 is 29.2 Å². The van der Waals surface area contributed by atoms with E-state index in [9.17, 15) is 24.6 Å². The van der Waals surface area contributed by atoms with E-state index in [4.69, 9.17) is 18.9 Å². The van der Waals surface area contributed by atoms with Crippen molar-refractivity contribution in [3.05, 3.63) is 23.8 Å². The summed E-state index contributed by atoms with van der Waals surface area (Å²) >= 11 is 0. The van der Waals surface area contributed by atoms with Gasteiger partial charge in [0, 0.05) is 22.8 Å². The van der Waals surface area contributed by atoms with Crippen LogP contribution < -0.4 is 0 Å². The molecule has 2 saturated carbocycles. The molecule has 6 rings (SSSR count). The highest BCUT2D eigenvalue weighted by Gasteiger charge is 2.88. The molecule has 4 fully saturated rings. The van der Waals surface area contributed by atoms with Gasteiger partial charge in [0.2, 0.25) is 6.29 Å². The van der Waals surface area contributed by atoms with E-state index in [1.807, 2.05) is 33.8 Å². The zero-order valence-electron chi connectivity index (χ0n) is 20.6. The van der Waals surface area contributed by atoms with E-state index in [1.54, 1.807) is 0 Å². The molecular weight excluding hydrogens is 456 g/mol. The van der Waals surface area contributed by atoms with Gasteiger partial charge in [-0.2, -0.15) is 0 Å². The van der Waals surface area contributed by atoms with Crippen LogP contribution in [0.5, 0.6) is 0 Å². The van der Waals surface area contributed by atoms with E-state index in [0.29, 0.717) is 19.3 Å². The van der Waals surface area contributed by atoms with Crippen molar-refractivity contribution in [2.24, 2.45) is 28.1 Å². The van der Waals surface area contributed by atoms with E-state index < -0.39 is 70.0 Å². The Balaban J connectivity index is 1.50. The molecule has 0 aromatic heterocycles. The number of aliphatic hydroxyl groups excluding tert-OH is 2. The third-order valence-corrected chi connectivity index (χ3v) is 10.5. The molecule has 10 atom stereocenters. The summed E-state index contributed by atoms with van der Waals surface area (Å²) in [7, 11) is 0. The van der Waals surface area contributed by atoms with Crippen LogP contribution in [0, 0.1) is 28.1 Å². The number of carbonyl (C=O) groups is 3. The molecular formula is C26H32O9. The molecule has 2 saturated heterocycles. The van der Waals surface area contributed by atoms with Crippen LogP contribution in [0.3, 0.4) is 0 Å². The summed E-state index contributed by atoms with van der Waals surface area (Å²) in [5.74, 6) is -2.02. The maximum absolute atomic E-state index is 13.1. The Morgan fingerprint density at radius 1 is 0.971 bits per heavy atom. The van der Waals surface area contributed by atoms with Crippen LogP contribution in [0.15, 0.2) is 23.8 Å². The molecule has 0 aromatic carbocycles. The van der Waals surface area contributed by atoms with E-state index >= 15 is 0 Å². The van der Waals surface area contributed by atoms with E-state index in [2.05, 4.69) is 6.92 Å². The van der Waals surface area contributed by atoms with Crippen molar-refractivity contribution in [3.63, 3.8) is 0 Å². The van der Waals surface area contributed by atoms with E-state index in [1.165, 1.54) is 12.2 Å². The average Bonchev–Trinajstić information content (AvgIpc) is 3.47. The predicted molar refractivity (Wildman–Crippen MR) is 118 cm³/mol. The summed E-state index contributed by atoms with van der Waals surface area (Å²) in [6.07, 6.45) is 2.13. The lowest BCUT2D eigenvalue weighted by Crippen LogP contribution is -2.73. The van der Waals surface area contributed by atoms with Crippen molar-refractivity contribution in [3.8, 4) is 0 Å². The van der Waals surface area contributed by atoms with E-state index in [0.717, 1.165) is 0 Å². The smallest absolute Gasteiger partial charge is 0.340 e. The van der Waals surface area contributed by atoms with Crippen LogP contribution >= 0.6 is 0 Å². The Kier molecular flexibility index (Phi) is 4.34. The van der Waals surface area contributed by atoms with Gasteiger partial charge in [-0.3, -0.25) is 0 Å². The van der Waals surface area contributed by atoms with Crippen molar-refractivity contribution in [2.75, 3.05) is 0 Å². The fraction of sp³-hybridized carbons (Fsp3) is 0.731. The van der Waals surface area contributed by atoms with Gasteiger partial charge >= 0.3 is 17.9 Å². The first-order chi connectivity index (χ1) is 16.2. The Morgan fingerprint density at radius 2 is 1.69 bits per heavy atom. The maximum Gasteiger partial charge on any atom is 0.340 e. The number of fused-ring (bicyclic) bond motifs is 3. The third-order valence-electron chi connectivity index (χ3n) is 10.5. The van der Waals surface area contributed by atoms with Gasteiger partial charge in [-0.15, -0.1) is 0 Å². The zero-order chi connectivity index (χ0) is 25.3. The van der Waals surface area contributed by atoms with Gasteiger partial charge in [-0.05, 0) is 50.5 Å². The molecule has 6 aliphatic rings. The molecule has 35 heavy (non-hydrogen) atoms. The highest BCUT2D eigenvalue weighted by atomic mass is 16.7. The second kappa shape index (κ2) is 6.55. The number of rotatable bonds is 1. The Bertz CT molecular complexity index is 1110. The minimum Gasteiger partial charge on any atom is -0.456 e.